The second-order valence-corrected chi connectivity index (χ2v) is 7.11. The highest BCUT2D eigenvalue weighted by Crippen LogP contribution is 2.38. The Morgan fingerprint density at radius 2 is 2.07 bits per heavy atom. The van der Waals surface area contributed by atoms with E-state index in [0.29, 0.717) is 16.4 Å². The molecule has 28 heavy (non-hydrogen) atoms. The second-order valence-electron chi connectivity index (χ2n) is 6.67. The molecular weight excluding hydrogens is 386 g/mol. The highest BCUT2D eigenvalue weighted by Gasteiger charge is 2.38. The molecule has 0 saturated heterocycles. The molecule has 2 aromatic rings. The zero-order valence-electron chi connectivity index (χ0n) is 15.2. The summed E-state index contributed by atoms with van der Waals surface area (Å²) in [6, 6.07) is 10.6. The number of ether oxygens (including phenoxy) is 1. The van der Waals surface area contributed by atoms with E-state index in [4.69, 9.17) is 16.3 Å². The number of non-ortho nitro benzene ring substituents is 1. The minimum absolute atomic E-state index is 0.154. The van der Waals surface area contributed by atoms with Gasteiger partial charge in [-0.05, 0) is 30.2 Å². The van der Waals surface area contributed by atoms with Gasteiger partial charge in [0.2, 0.25) is 5.91 Å². The Morgan fingerprint density at radius 3 is 2.71 bits per heavy atom. The van der Waals surface area contributed by atoms with Crippen LogP contribution in [0, 0.1) is 16.0 Å². The fraction of sp³-hybridized carbons (Fsp3) is 0.263. The SMILES string of the molecule is CC(C)C1Oc2cc([N+](=O)[O-])ccc2N(CC(=O)Nc2cccc(Cl)c2)C1=O. The van der Waals surface area contributed by atoms with Crippen molar-refractivity contribution in [3.05, 3.63) is 57.6 Å². The van der Waals surface area contributed by atoms with Crippen LogP contribution in [-0.2, 0) is 9.59 Å². The third-order valence-corrected chi connectivity index (χ3v) is 4.46. The zero-order chi connectivity index (χ0) is 20.4. The fourth-order valence-electron chi connectivity index (χ4n) is 2.89. The molecule has 0 aromatic heterocycles. The highest BCUT2D eigenvalue weighted by molar-refractivity contribution is 6.30. The standard InChI is InChI=1S/C19H18ClN3O5/c1-11(2)18-19(25)22(10-17(24)21-13-5-3-4-12(20)8-13)15-7-6-14(23(26)27)9-16(15)28-18/h3-9,11,18H,10H2,1-2H3,(H,21,24). The van der Waals surface area contributed by atoms with Crippen LogP contribution < -0.4 is 15.0 Å². The van der Waals surface area contributed by atoms with Crippen molar-refractivity contribution in [3.63, 3.8) is 0 Å². The molecule has 0 bridgehead atoms. The van der Waals surface area contributed by atoms with Crippen LogP contribution in [0.4, 0.5) is 17.1 Å². The summed E-state index contributed by atoms with van der Waals surface area (Å²) in [7, 11) is 0. The van der Waals surface area contributed by atoms with E-state index >= 15 is 0 Å². The number of nitrogens with one attached hydrogen (secondary N) is 1. The van der Waals surface area contributed by atoms with Gasteiger partial charge in [0.1, 0.15) is 6.54 Å². The van der Waals surface area contributed by atoms with Gasteiger partial charge >= 0.3 is 0 Å². The Bertz CT molecular complexity index is 947. The predicted octanol–water partition coefficient (Wildman–Crippen LogP) is 3.64. The van der Waals surface area contributed by atoms with Crippen molar-refractivity contribution in [2.24, 2.45) is 5.92 Å². The van der Waals surface area contributed by atoms with Gasteiger partial charge < -0.3 is 10.1 Å². The number of fused-ring (bicyclic) bond motifs is 1. The van der Waals surface area contributed by atoms with E-state index in [1.54, 1.807) is 38.1 Å². The van der Waals surface area contributed by atoms with E-state index < -0.39 is 16.9 Å². The smallest absolute Gasteiger partial charge is 0.273 e. The van der Waals surface area contributed by atoms with Crippen LogP contribution in [0.2, 0.25) is 5.02 Å². The first-order valence-corrected chi connectivity index (χ1v) is 8.96. The third kappa shape index (κ3) is 4.07. The number of halogens is 1. The molecule has 1 aliphatic heterocycles. The maximum atomic E-state index is 12.9. The Balaban J connectivity index is 1.89. The number of amides is 2. The molecule has 146 valence electrons. The lowest BCUT2D eigenvalue weighted by Gasteiger charge is -2.35. The summed E-state index contributed by atoms with van der Waals surface area (Å²) in [5.74, 6) is -0.789. The van der Waals surface area contributed by atoms with Crippen molar-refractivity contribution in [1.82, 2.24) is 0 Å². The number of benzene rings is 2. The molecule has 0 saturated carbocycles. The third-order valence-electron chi connectivity index (χ3n) is 4.22. The Labute approximate surface area is 166 Å². The van der Waals surface area contributed by atoms with E-state index in [1.807, 2.05) is 0 Å². The van der Waals surface area contributed by atoms with Crippen molar-refractivity contribution in [2.45, 2.75) is 20.0 Å². The monoisotopic (exact) mass is 403 g/mol. The molecule has 1 N–H and O–H groups in total. The lowest BCUT2D eigenvalue weighted by atomic mass is 10.0. The molecule has 1 unspecified atom stereocenters. The summed E-state index contributed by atoms with van der Waals surface area (Å²) in [4.78, 5) is 37.2. The molecule has 0 aliphatic carbocycles. The van der Waals surface area contributed by atoms with Gasteiger partial charge in [-0.15, -0.1) is 0 Å². The van der Waals surface area contributed by atoms with Crippen LogP contribution >= 0.6 is 11.6 Å². The molecular formula is C19H18ClN3O5. The zero-order valence-corrected chi connectivity index (χ0v) is 16.0. The van der Waals surface area contributed by atoms with Gasteiger partial charge in [-0.3, -0.25) is 24.6 Å². The minimum atomic E-state index is -0.839. The first-order valence-electron chi connectivity index (χ1n) is 8.58. The summed E-state index contributed by atoms with van der Waals surface area (Å²) in [6.45, 7) is 3.34. The van der Waals surface area contributed by atoms with Gasteiger partial charge in [-0.25, -0.2) is 0 Å². The Morgan fingerprint density at radius 1 is 1.32 bits per heavy atom. The van der Waals surface area contributed by atoms with Gasteiger partial charge in [0.15, 0.2) is 11.9 Å². The molecule has 1 aliphatic rings. The first kappa shape index (κ1) is 19.6. The van der Waals surface area contributed by atoms with Crippen LogP contribution in [-0.4, -0.2) is 29.4 Å². The summed E-state index contributed by atoms with van der Waals surface area (Å²) in [5, 5.41) is 14.2. The second kappa shape index (κ2) is 7.85. The number of hydrogen-bond donors (Lipinski definition) is 1. The quantitative estimate of drug-likeness (QED) is 0.606. The minimum Gasteiger partial charge on any atom is -0.478 e. The molecule has 9 heteroatoms. The summed E-state index contributed by atoms with van der Waals surface area (Å²) >= 11 is 5.92. The average molecular weight is 404 g/mol. The number of anilines is 2. The average Bonchev–Trinajstić information content (AvgIpc) is 2.63. The maximum absolute atomic E-state index is 12.9. The Kier molecular flexibility index (Phi) is 5.51. The van der Waals surface area contributed by atoms with Crippen LogP contribution in [0.25, 0.3) is 0 Å². The molecule has 2 amide bonds. The summed E-state index contributed by atoms with van der Waals surface area (Å²) in [5.41, 5.74) is 0.662. The molecule has 0 radical (unpaired) electrons. The van der Waals surface area contributed by atoms with E-state index in [-0.39, 0.29) is 29.8 Å². The Hall–Kier alpha value is -3.13. The molecule has 2 aromatic carbocycles. The van der Waals surface area contributed by atoms with Gasteiger partial charge in [0, 0.05) is 16.8 Å². The van der Waals surface area contributed by atoms with Crippen molar-refractivity contribution in [1.29, 1.82) is 0 Å². The maximum Gasteiger partial charge on any atom is 0.273 e. The fourth-order valence-corrected chi connectivity index (χ4v) is 3.08. The van der Waals surface area contributed by atoms with Crippen molar-refractivity contribution in [2.75, 3.05) is 16.8 Å². The van der Waals surface area contributed by atoms with Gasteiger partial charge in [-0.2, -0.15) is 0 Å². The number of nitro groups is 1. The van der Waals surface area contributed by atoms with Gasteiger partial charge in [-0.1, -0.05) is 31.5 Å². The number of rotatable bonds is 5. The number of nitrogens with zero attached hydrogens (tertiary/aromatic N) is 2. The molecule has 0 fully saturated rings. The lowest BCUT2D eigenvalue weighted by Crippen LogP contribution is -2.50. The lowest BCUT2D eigenvalue weighted by molar-refractivity contribution is -0.384. The van der Waals surface area contributed by atoms with Crippen LogP contribution in [0.3, 0.4) is 0 Å². The summed E-state index contributed by atoms with van der Waals surface area (Å²) < 4.78 is 5.70. The topological polar surface area (TPSA) is 102 Å². The largest absolute Gasteiger partial charge is 0.478 e. The van der Waals surface area contributed by atoms with Gasteiger partial charge in [0.25, 0.3) is 11.6 Å². The van der Waals surface area contributed by atoms with Crippen molar-refractivity contribution >= 4 is 40.5 Å². The van der Waals surface area contributed by atoms with Crippen molar-refractivity contribution < 1.29 is 19.2 Å². The predicted molar refractivity (Wildman–Crippen MR) is 105 cm³/mol. The van der Waals surface area contributed by atoms with E-state index in [1.165, 1.54) is 23.1 Å². The highest BCUT2D eigenvalue weighted by atomic mass is 35.5. The van der Waals surface area contributed by atoms with Crippen LogP contribution in [0.1, 0.15) is 13.8 Å². The van der Waals surface area contributed by atoms with E-state index in [2.05, 4.69) is 5.32 Å². The number of carbonyl (C=O) groups is 2. The van der Waals surface area contributed by atoms with Gasteiger partial charge in [0.05, 0.1) is 16.7 Å². The van der Waals surface area contributed by atoms with Crippen molar-refractivity contribution in [3.8, 4) is 5.75 Å². The number of hydrogen-bond acceptors (Lipinski definition) is 5. The first-order chi connectivity index (χ1) is 13.3. The molecule has 0 spiro atoms. The molecule has 3 rings (SSSR count). The normalized spacial score (nSPS) is 15.8. The van der Waals surface area contributed by atoms with E-state index in [9.17, 15) is 19.7 Å². The van der Waals surface area contributed by atoms with Crippen LogP contribution in [0.15, 0.2) is 42.5 Å². The molecule has 1 atom stereocenters. The number of carbonyl (C=O) groups excluding carboxylic acids is 2. The number of nitro benzene ring substituents is 1. The van der Waals surface area contributed by atoms with Crippen LogP contribution in [0.5, 0.6) is 5.75 Å². The molecule has 1 heterocycles. The van der Waals surface area contributed by atoms with E-state index in [0.717, 1.165) is 0 Å². The summed E-state index contributed by atoms with van der Waals surface area (Å²) in [6.07, 6.45) is -0.839. The molecule has 8 nitrogen and oxygen atoms in total.